The number of benzene rings is 2. The van der Waals surface area contributed by atoms with Crippen LogP contribution in [0.4, 0.5) is 0 Å². The number of methoxy groups -OCH3 is 1. The van der Waals surface area contributed by atoms with Crippen molar-refractivity contribution < 1.29 is 14.6 Å². The van der Waals surface area contributed by atoms with Crippen LogP contribution in [0, 0.1) is 6.92 Å². The van der Waals surface area contributed by atoms with E-state index in [1.54, 1.807) is 7.11 Å². The monoisotopic (exact) mass is 386 g/mol. The molecule has 1 fully saturated rings. The Hall–Kier alpha value is -1.57. The second-order valence-electron chi connectivity index (χ2n) is 8.24. The molecule has 0 amide bonds. The molecular weight excluding hydrogens is 355 g/mol. The fourth-order valence-corrected chi connectivity index (χ4v) is 6.77. The van der Waals surface area contributed by atoms with E-state index in [9.17, 15) is 5.11 Å². The molecule has 3 nitrogen and oxygen atoms in total. The molecule has 2 atom stereocenters. The van der Waals surface area contributed by atoms with Crippen molar-refractivity contribution in [3.05, 3.63) is 47.5 Å². The SMILES string of the molecule is COc1cccc(C)c1P(c1cccc(C(C)(C)C)c1O)C1CCCCO1. The van der Waals surface area contributed by atoms with E-state index >= 15 is 0 Å². The molecule has 1 aliphatic rings. The summed E-state index contributed by atoms with van der Waals surface area (Å²) in [6.07, 6.45) is 3.29. The lowest BCUT2D eigenvalue weighted by atomic mass is 9.86. The molecule has 2 aromatic rings. The van der Waals surface area contributed by atoms with Crippen LogP contribution in [0.2, 0.25) is 0 Å². The number of rotatable bonds is 4. The van der Waals surface area contributed by atoms with Gasteiger partial charge >= 0.3 is 0 Å². The Morgan fingerprint density at radius 1 is 1.11 bits per heavy atom. The summed E-state index contributed by atoms with van der Waals surface area (Å²) < 4.78 is 12.0. The molecule has 3 rings (SSSR count). The molecule has 146 valence electrons. The third-order valence-electron chi connectivity index (χ3n) is 5.19. The Kier molecular flexibility index (Phi) is 6.13. The topological polar surface area (TPSA) is 38.7 Å². The zero-order valence-electron chi connectivity index (χ0n) is 17.1. The van der Waals surface area contributed by atoms with Crippen molar-refractivity contribution in [2.45, 2.75) is 58.2 Å². The summed E-state index contributed by atoms with van der Waals surface area (Å²) in [4.78, 5) is 0. The minimum atomic E-state index is -0.898. The zero-order valence-corrected chi connectivity index (χ0v) is 18.0. The van der Waals surface area contributed by atoms with Gasteiger partial charge in [0, 0.05) is 17.2 Å². The molecule has 27 heavy (non-hydrogen) atoms. The minimum absolute atomic E-state index is 0.102. The molecule has 1 aliphatic heterocycles. The maximum atomic E-state index is 11.3. The highest BCUT2D eigenvalue weighted by atomic mass is 31.1. The lowest BCUT2D eigenvalue weighted by molar-refractivity contribution is 0.0700. The molecule has 1 heterocycles. The van der Waals surface area contributed by atoms with E-state index in [0.29, 0.717) is 5.75 Å². The van der Waals surface area contributed by atoms with Gasteiger partial charge in [-0.2, -0.15) is 0 Å². The van der Waals surface area contributed by atoms with E-state index in [0.717, 1.165) is 42.5 Å². The van der Waals surface area contributed by atoms with E-state index in [1.807, 2.05) is 18.2 Å². The second kappa shape index (κ2) is 8.20. The highest BCUT2D eigenvalue weighted by Crippen LogP contribution is 2.50. The third-order valence-corrected chi connectivity index (χ3v) is 8.11. The average molecular weight is 386 g/mol. The van der Waals surface area contributed by atoms with Crippen LogP contribution in [-0.4, -0.2) is 24.7 Å². The van der Waals surface area contributed by atoms with Gasteiger partial charge < -0.3 is 14.6 Å². The van der Waals surface area contributed by atoms with Crippen molar-refractivity contribution >= 4 is 18.5 Å². The summed E-state index contributed by atoms with van der Waals surface area (Å²) in [7, 11) is 0.823. The van der Waals surface area contributed by atoms with Crippen molar-refractivity contribution in [3.63, 3.8) is 0 Å². The lowest BCUT2D eigenvalue weighted by Gasteiger charge is -2.34. The number of aromatic hydroxyl groups is 1. The van der Waals surface area contributed by atoms with Gasteiger partial charge in [0.25, 0.3) is 0 Å². The predicted molar refractivity (Wildman–Crippen MR) is 114 cm³/mol. The standard InChI is InChI=1S/C23H31O3P/c1-16-10-8-12-18(25-5)22(16)27(20-14-6-7-15-26-20)19-13-9-11-17(21(19)24)23(2,3)4/h8-13,20,24H,6-7,14-15H2,1-5H3. The average Bonchev–Trinajstić information content (AvgIpc) is 2.64. The summed E-state index contributed by atoms with van der Waals surface area (Å²) in [5.74, 6) is 1.40. The van der Waals surface area contributed by atoms with Gasteiger partial charge in [0.15, 0.2) is 0 Å². The van der Waals surface area contributed by atoms with Crippen molar-refractivity contribution in [2.75, 3.05) is 13.7 Å². The van der Waals surface area contributed by atoms with E-state index < -0.39 is 7.92 Å². The lowest BCUT2D eigenvalue weighted by Crippen LogP contribution is -2.30. The summed E-state index contributed by atoms with van der Waals surface area (Å²) in [5.41, 5.74) is 2.05. The molecule has 0 aliphatic carbocycles. The molecule has 0 bridgehead atoms. The van der Waals surface area contributed by atoms with Crippen LogP contribution in [0.15, 0.2) is 36.4 Å². The third kappa shape index (κ3) is 4.15. The van der Waals surface area contributed by atoms with Crippen LogP contribution >= 0.6 is 7.92 Å². The molecule has 0 aromatic heterocycles. The van der Waals surface area contributed by atoms with E-state index in [1.165, 1.54) is 10.9 Å². The summed E-state index contributed by atoms with van der Waals surface area (Å²) in [5, 5.41) is 13.4. The number of ether oxygens (including phenoxy) is 2. The predicted octanol–water partition coefficient (Wildman–Crippen LogP) is 4.97. The quantitative estimate of drug-likeness (QED) is 0.755. The number of hydrogen-bond acceptors (Lipinski definition) is 3. The van der Waals surface area contributed by atoms with Gasteiger partial charge in [-0.25, -0.2) is 0 Å². The summed E-state index contributed by atoms with van der Waals surface area (Å²) in [6, 6.07) is 12.3. The van der Waals surface area contributed by atoms with Gasteiger partial charge in [0.1, 0.15) is 11.5 Å². The zero-order chi connectivity index (χ0) is 19.6. The largest absolute Gasteiger partial charge is 0.507 e. The van der Waals surface area contributed by atoms with E-state index in [2.05, 4.69) is 45.9 Å². The Morgan fingerprint density at radius 2 is 1.85 bits per heavy atom. The number of hydrogen-bond donors (Lipinski definition) is 1. The maximum Gasteiger partial charge on any atom is 0.127 e. The number of phenolic OH excluding ortho intramolecular Hbond substituents is 1. The Bertz CT molecular complexity index is 789. The molecule has 4 heteroatoms. The van der Waals surface area contributed by atoms with Crippen LogP contribution in [0.25, 0.3) is 0 Å². The second-order valence-corrected chi connectivity index (χ2v) is 10.5. The van der Waals surface area contributed by atoms with E-state index in [-0.39, 0.29) is 11.3 Å². The van der Waals surface area contributed by atoms with Gasteiger partial charge in [-0.05, 0) is 56.7 Å². The first kappa shape index (κ1) is 20.2. The molecule has 2 aromatic carbocycles. The Morgan fingerprint density at radius 3 is 2.48 bits per heavy atom. The first-order valence-electron chi connectivity index (χ1n) is 9.71. The van der Waals surface area contributed by atoms with Crippen molar-refractivity contribution in [3.8, 4) is 11.5 Å². The number of phenols is 1. The minimum Gasteiger partial charge on any atom is -0.507 e. The number of aryl methyl sites for hydroxylation is 1. The van der Waals surface area contributed by atoms with Crippen LogP contribution in [0.3, 0.4) is 0 Å². The molecule has 0 radical (unpaired) electrons. The normalized spacial score (nSPS) is 18.9. The number of para-hydroxylation sites is 1. The highest BCUT2D eigenvalue weighted by Gasteiger charge is 2.34. The van der Waals surface area contributed by atoms with Crippen molar-refractivity contribution in [1.29, 1.82) is 0 Å². The Labute approximate surface area is 164 Å². The smallest absolute Gasteiger partial charge is 0.127 e. The van der Waals surface area contributed by atoms with Gasteiger partial charge in [-0.1, -0.05) is 51.1 Å². The van der Waals surface area contributed by atoms with E-state index in [4.69, 9.17) is 9.47 Å². The maximum absolute atomic E-state index is 11.3. The highest BCUT2D eigenvalue weighted by molar-refractivity contribution is 7.74. The first-order valence-corrected chi connectivity index (χ1v) is 11.1. The Balaban J connectivity index is 2.21. The van der Waals surface area contributed by atoms with Gasteiger partial charge in [0.05, 0.1) is 13.0 Å². The van der Waals surface area contributed by atoms with Crippen LogP contribution in [-0.2, 0) is 10.2 Å². The molecule has 0 spiro atoms. The van der Waals surface area contributed by atoms with Crippen LogP contribution in [0.1, 0.15) is 51.2 Å². The molecule has 1 N–H and O–H groups in total. The van der Waals surface area contributed by atoms with Crippen molar-refractivity contribution in [1.82, 2.24) is 0 Å². The van der Waals surface area contributed by atoms with Crippen molar-refractivity contribution in [2.24, 2.45) is 0 Å². The van der Waals surface area contributed by atoms with Gasteiger partial charge in [-0.15, -0.1) is 0 Å². The molecular formula is C23H31O3P. The van der Waals surface area contributed by atoms with Gasteiger partial charge in [0.2, 0.25) is 0 Å². The fraction of sp³-hybridized carbons (Fsp3) is 0.478. The summed E-state index contributed by atoms with van der Waals surface area (Å²) in [6.45, 7) is 9.33. The summed E-state index contributed by atoms with van der Waals surface area (Å²) >= 11 is 0. The molecule has 2 unspecified atom stereocenters. The van der Waals surface area contributed by atoms with Crippen LogP contribution < -0.4 is 15.3 Å². The fourth-order valence-electron chi connectivity index (χ4n) is 3.78. The van der Waals surface area contributed by atoms with Gasteiger partial charge in [-0.3, -0.25) is 0 Å². The first-order chi connectivity index (χ1) is 12.8. The van der Waals surface area contributed by atoms with Crippen LogP contribution in [0.5, 0.6) is 11.5 Å². The molecule has 1 saturated heterocycles. The molecule has 0 saturated carbocycles.